The number of hydrogen-bond donors (Lipinski definition) is 0. The highest BCUT2D eigenvalue weighted by Crippen LogP contribution is 2.26. The van der Waals surface area contributed by atoms with Crippen LogP contribution in [0.4, 0.5) is 0 Å². The first-order valence-corrected chi connectivity index (χ1v) is 8.83. The van der Waals surface area contributed by atoms with Gasteiger partial charge in [0, 0.05) is 0 Å². The average molecular weight is 206 g/mol. The van der Waals surface area contributed by atoms with Gasteiger partial charge in [-0.2, -0.15) is 0 Å². The molecule has 1 saturated carbocycles. The number of rotatable bonds is 3. The minimum Gasteiger partial charge on any atom is -0.490 e. The standard InChI is InChI=1S/C12H18OSi/c1-14(2,3)12-6-4-5-11(9-12)13-10-7-8-10/h4-6,9-10H,7-8H2,1-3H3. The van der Waals surface area contributed by atoms with Crippen LogP contribution in [0.25, 0.3) is 0 Å². The molecule has 76 valence electrons. The van der Waals surface area contributed by atoms with Crippen LogP contribution in [0.5, 0.6) is 5.75 Å². The van der Waals surface area contributed by atoms with Crippen LogP contribution in [0, 0.1) is 0 Å². The van der Waals surface area contributed by atoms with Crippen molar-refractivity contribution in [1.29, 1.82) is 0 Å². The average Bonchev–Trinajstić information content (AvgIpc) is 2.87. The van der Waals surface area contributed by atoms with Crippen molar-refractivity contribution in [3.8, 4) is 5.75 Å². The molecule has 0 N–H and O–H groups in total. The summed E-state index contributed by atoms with van der Waals surface area (Å²) in [6, 6.07) is 8.64. The zero-order valence-electron chi connectivity index (χ0n) is 9.21. The number of hydrogen-bond acceptors (Lipinski definition) is 1. The minimum atomic E-state index is -1.18. The van der Waals surface area contributed by atoms with Gasteiger partial charge in [-0.05, 0) is 25.0 Å². The smallest absolute Gasteiger partial charge is 0.119 e. The molecule has 1 aliphatic carbocycles. The van der Waals surface area contributed by atoms with E-state index in [1.54, 1.807) is 0 Å². The molecule has 1 fully saturated rings. The summed E-state index contributed by atoms with van der Waals surface area (Å²) in [7, 11) is -1.18. The first kappa shape index (κ1) is 9.78. The Morgan fingerprint density at radius 1 is 1.21 bits per heavy atom. The van der Waals surface area contributed by atoms with Crippen LogP contribution in [0.15, 0.2) is 24.3 Å². The molecule has 14 heavy (non-hydrogen) atoms. The van der Waals surface area contributed by atoms with Crippen molar-refractivity contribution >= 4 is 13.3 Å². The summed E-state index contributed by atoms with van der Waals surface area (Å²) >= 11 is 0. The van der Waals surface area contributed by atoms with Crippen molar-refractivity contribution in [3.63, 3.8) is 0 Å². The van der Waals surface area contributed by atoms with Gasteiger partial charge < -0.3 is 4.74 Å². The summed E-state index contributed by atoms with van der Waals surface area (Å²) < 4.78 is 5.78. The van der Waals surface area contributed by atoms with E-state index in [1.807, 2.05) is 0 Å². The molecule has 1 aromatic rings. The largest absolute Gasteiger partial charge is 0.490 e. The second-order valence-electron chi connectivity index (χ2n) is 5.10. The molecule has 1 nitrogen and oxygen atoms in total. The van der Waals surface area contributed by atoms with Crippen LogP contribution < -0.4 is 9.92 Å². The van der Waals surface area contributed by atoms with Crippen molar-refractivity contribution in [2.75, 3.05) is 0 Å². The number of benzene rings is 1. The Hall–Kier alpha value is -0.763. The predicted molar refractivity (Wildman–Crippen MR) is 63.1 cm³/mol. The highest BCUT2D eigenvalue weighted by atomic mass is 28.3. The lowest BCUT2D eigenvalue weighted by Gasteiger charge is -2.17. The van der Waals surface area contributed by atoms with Crippen LogP contribution >= 0.6 is 0 Å². The molecule has 2 heteroatoms. The molecular formula is C12H18OSi. The molecule has 0 bridgehead atoms. The van der Waals surface area contributed by atoms with E-state index in [1.165, 1.54) is 18.0 Å². The lowest BCUT2D eigenvalue weighted by Crippen LogP contribution is -2.37. The molecule has 0 saturated heterocycles. The van der Waals surface area contributed by atoms with Crippen LogP contribution in [-0.2, 0) is 0 Å². The maximum atomic E-state index is 5.78. The van der Waals surface area contributed by atoms with E-state index in [4.69, 9.17) is 4.74 Å². The first-order chi connectivity index (χ1) is 6.55. The fraction of sp³-hybridized carbons (Fsp3) is 0.500. The van der Waals surface area contributed by atoms with Crippen molar-refractivity contribution < 1.29 is 4.74 Å². The molecule has 0 unspecified atom stereocenters. The topological polar surface area (TPSA) is 9.23 Å². The van der Waals surface area contributed by atoms with Gasteiger partial charge in [0.05, 0.1) is 14.2 Å². The SMILES string of the molecule is C[Si](C)(C)c1cccc(OC2CC2)c1. The summed E-state index contributed by atoms with van der Waals surface area (Å²) in [5.41, 5.74) is 0. The molecule has 1 aliphatic rings. The van der Waals surface area contributed by atoms with Crippen molar-refractivity contribution in [1.82, 2.24) is 0 Å². The van der Waals surface area contributed by atoms with Crippen LogP contribution in [0.3, 0.4) is 0 Å². The van der Waals surface area contributed by atoms with Crippen LogP contribution in [0.2, 0.25) is 19.6 Å². The molecule has 0 amide bonds. The Kier molecular flexibility index (Phi) is 2.39. The molecule has 1 aromatic carbocycles. The van der Waals surface area contributed by atoms with E-state index in [0.29, 0.717) is 6.10 Å². The summed E-state index contributed by atoms with van der Waals surface area (Å²) in [5, 5.41) is 1.48. The van der Waals surface area contributed by atoms with Gasteiger partial charge in [0.15, 0.2) is 0 Å². The zero-order chi connectivity index (χ0) is 10.2. The van der Waals surface area contributed by atoms with Gasteiger partial charge in [0.2, 0.25) is 0 Å². The molecule has 2 rings (SSSR count). The lowest BCUT2D eigenvalue weighted by molar-refractivity contribution is 0.303. The van der Waals surface area contributed by atoms with Crippen molar-refractivity contribution in [2.45, 2.75) is 38.6 Å². The van der Waals surface area contributed by atoms with Gasteiger partial charge in [0.1, 0.15) is 5.75 Å². The first-order valence-electron chi connectivity index (χ1n) is 5.33. The Labute approximate surface area is 87.1 Å². The summed E-state index contributed by atoms with van der Waals surface area (Å²) in [6.07, 6.45) is 2.97. The highest BCUT2D eigenvalue weighted by molar-refractivity contribution is 6.88. The van der Waals surface area contributed by atoms with Gasteiger partial charge in [0.25, 0.3) is 0 Å². The lowest BCUT2D eigenvalue weighted by atomic mass is 10.3. The fourth-order valence-electron chi connectivity index (χ4n) is 1.41. The maximum absolute atomic E-state index is 5.78. The van der Waals surface area contributed by atoms with Gasteiger partial charge in [-0.1, -0.05) is 37.0 Å². The Balaban J connectivity index is 2.17. The Bertz CT molecular complexity index is 323. The molecule has 0 atom stereocenters. The summed E-state index contributed by atoms with van der Waals surface area (Å²) in [6.45, 7) is 7.09. The van der Waals surface area contributed by atoms with Gasteiger partial charge >= 0.3 is 0 Å². The third-order valence-corrected chi connectivity index (χ3v) is 4.57. The predicted octanol–water partition coefficient (Wildman–Crippen LogP) is 2.77. The highest BCUT2D eigenvalue weighted by Gasteiger charge is 2.24. The second kappa shape index (κ2) is 3.43. The van der Waals surface area contributed by atoms with E-state index in [-0.39, 0.29) is 0 Å². The van der Waals surface area contributed by atoms with E-state index in [0.717, 1.165) is 5.75 Å². The Morgan fingerprint density at radius 3 is 2.50 bits per heavy atom. The van der Waals surface area contributed by atoms with E-state index >= 15 is 0 Å². The fourth-order valence-corrected chi connectivity index (χ4v) is 2.59. The van der Waals surface area contributed by atoms with Crippen LogP contribution in [-0.4, -0.2) is 14.2 Å². The molecule has 0 aliphatic heterocycles. The van der Waals surface area contributed by atoms with E-state index < -0.39 is 8.07 Å². The summed E-state index contributed by atoms with van der Waals surface area (Å²) in [5.74, 6) is 1.06. The zero-order valence-corrected chi connectivity index (χ0v) is 10.2. The van der Waals surface area contributed by atoms with Crippen molar-refractivity contribution in [2.24, 2.45) is 0 Å². The maximum Gasteiger partial charge on any atom is 0.119 e. The van der Waals surface area contributed by atoms with Crippen molar-refractivity contribution in [3.05, 3.63) is 24.3 Å². The molecular weight excluding hydrogens is 188 g/mol. The normalized spacial score (nSPS) is 16.8. The summed E-state index contributed by atoms with van der Waals surface area (Å²) in [4.78, 5) is 0. The minimum absolute atomic E-state index is 0.506. The van der Waals surface area contributed by atoms with Crippen LogP contribution in [0.1, 0.15) is 12.8 Å². The second-order valence-corrected chi connectivity index (χ2v) is 10.2. The molecule has 0 spiro atoms. The molecule has 0 aromatic heterocycles. The van der Waals surface area contributed by atoms with Gasteiger partial charge in [-0.25, -0.2) is 0 Å². The van der Waals surface area contributed by atoms with Gasteiger partial charge in [-0.15, -0.1) is 0 Å². The van der Waals surface area contributed by atoms with Gasteiger partial charge in [-0.3, -0.25) is 0 Å². The van der Waals surface area contributed by atoms with E-state index in [2.05, 4.69) is 43.9 Å². The third-order valence-electron chi connectivity index (χ3n) is 2.53. The van der Waals surface area contributed by atoms with E-state index in [9.17, 15) is 0 Å². The number of ether oxygens (including phenoxy) is 1. The Morgan fingerprint density at radius 2 is 1.93 bits per heavy atom. The monoisotopic (exact) mass is 206 g/mol. The molecule has 0 heterocycles. The third kappa shape index (κ3) is 2.38. The molecule has 0 radical (unpaired) electrons. The quantitative estimate of drug-likeness (QED) is 0.691.